The van der Waals surface area contributed by atoms with Crippen molar-refractivity contribution >= 4 is 70.7 Å². The lowest BCUT2D eigenvalue weighted by atomic mass is 10.6. The molecule has 11 heteroatoms. The predicted molar refractivity (Wildman–Crippen MR) is 108 cm³/mol. The van der Waals surface area contributed by atoms with E-state index in [0.717, 1.165) is 36.7 Å². The number of imidazole rings is 2. The van der Waals surface area contributed by atoms with Gasteiger partial charge in [-0.1, -0.05) is 0 Å². The van der Waals surface area contributed by atoms with Crippen molar-refractivity contribution in [3.05, 3.63) is 44.8 Å². The Kier molecular flexibility index (Phi) is 5.54. The molecule has 0 saturated carbocycles. The average molecular weight is 533 g/mol. The lowest BCUT2D eigenvalue weighted by Gasteiger charge is -2.03. The topological polar surface area (TPSA) is 84.4 Å². The summed E-state index contributed by atoms with van der Waals surface area (Å²) in [5.41, 5.74) is 1.62. The molecule has 4 rings (SSSR count). The van der Waals surface area contributed by atoms with Crippen molar-refractivity contribution in [2.75, 3.05) is 24.7 Å². The highest BCUT2D eigenvalue weighted by atomic mass is 79.9. The molecule has 0 saturated heterocycles. The summed E-state index contributed by atoms with van der Waals surface area (Å²) in [6.45, 7) is 0. The highest BCUT2D eigenvalue weighted by Crippen LogP contribution is 2.23. The normalized spacial score (nSPS) is 10.6. The van der Waals surface area contributed by atoms with E-state index >= 15 is 0 Å². The van der Waals surface area contributed by atoms with Gasteiger partial charge in [-0.05, 0) is 47.8 Å². The smallest absolute Gasteiger partial charge is 0.181 e. The largest absolute Gasteiger partial charge is 0.370 e. The van der Waals surface area contributed by atoms with Gasteiger partial charge in [0.25, 0.3) is 0 Å². The minimum Gasteiger partial charge on any atom is -0.370 e. The van der Waals surface area contributed by atoms with E-state index in [9.17, 15) is 0 Å². The fourth-order valence-corrected chi connectivity index (χ4v) is 3.73. The zero-order valence-corrected chi connectivity index (χ0v) is 18.0. The fraction of sp³-hybridized carbons (Fsp3) is 0.143. The Morgan fingerprint density at radius 3 is 1.96 bits per heavy atom. The Balaban J connectivity index is 0.000000146. The second kappa shape index (κ2) is 7.67. The molecule has 4 aromatic heterocycles. The van der Waals surface area contributed by atoms with Gasteiger partial charge in [0, 0.05) is 26.5 Å². The molecular weight excluding hydrogens is 520 g/mol. The Bertz CT molecular complexity index is 1030. The molecule has 0 aliphatic rings. The number of rotatable bonds is 2. The third-order valence-electron chi connectivity index (χ3n) is 3.30. The summed E-state index contributed by atoms with van der Waals surface area (Å²) in [6.07, 6.45) is 8.82. The van der Waals surface area contributed by atoms with Gasteiger partial charge in [-0.15, -0.1) is 0 Å². The highest BCUT2D eigenvalue weighted by Gasteiger charge is 2.08. The maximum absolute atomic E-state index is 4.21. The van der Waals surface area contributed by atoms with Crippen LogP contribution in [0.4, 0.5) is 11.6 Å². The third kappa shape index (κ3) is 3.48. The van der Waals surface area contributed by atoms with E-state index in [1.807, 2.05) is 29.1 Å². The fourth-order valence-electron chi connectivity index (χ4n) is 2.18. The van der Waals surface area contributed by atoms with Crippen LogP contribution in [0, 0.1) is 0 Å². The lowest BCUT2D eigenvalue weighted by molar-refractivity contribution is 1.06. The van der Waals surface area contributed by atoms with Gasteiger partial charge in [0.1, 0.15) is 13.8 Å². The van der Waals surface area contributed by atoms with Crippen LogP contribution in [0.25, 0.3) is 11.3 Å². The number of anilines is 2. The molecule has 0 spiro atoms. The molecule has 0 radical (unpaired) electrons. The molecule has 0 aliphatic heterocycles. The number of hydrogen-bond acceptors (Lipinski definition) is 6. The first-order chi connectivity index (χ1) is 12.1. The molecule has 0 unspecified atom stereocenters. The minimum atomic E-state index is 0.758. The van der Waals surface area contributed by atoms with Gasteiger partial charge >= 0.3 is 0 Å². The molecule has 8 nitrogen and oxygen atoms in total. The Morgan fingerprint density at radius 1 is 0.760 bits per heavy atom. The number of nitrogens with one attached hydrogen (secondary N) is 2. The zero-order chi connectivity index (χ0) is 18.0. The molecule has 4 heterocycles. The van der Waals surface area contributed by atoms with Crippen molar-refractivity contribution in [3.63, 3.8) is 0 Å². The standard InChI is InChI=1S/C7H6Br2N4.C7H7BrN4/c1-10-6-7-12-3-5(9)13(7)4(8)2-11-6;1-9-6-7-10-2-3-12(7)5(8)4-11-6/h2-3H,1H3,(H,10,11);2-4H,1H3,(H,9,11). The van der Waals surface area contributed by atoms with Crippen molar-refractivity contribution in [2.45, 2.75) is 0 Å². The Hall–Kier alpha value is -1.72. The van der Waals surface area contributed by atoms with Crippen molar-refractivity contribution in [1.29, 1.82) is 0 Å². The van der Waals surface area contributed by atoms with Crippen LogP contribution in [0.5, 0.6) is 0 Å². The highest BCUT2D eigenvalue weighted by molar-refractivity contribution is 9.11. The van der Waals surface area contributed by atoms with Gasteiger partial charge in [0.2, 0.25) is 0 Å². The van der Waals surface area contributed by atoms with E-state index in [0.29, 0.717) is 0 Å². The number of fused-ring (bicyclic) bond motifs is 2. The van der Waals surface area contributed by atoms with Crippen LogP contribution in [-0.2, 0) is 0 Å². The molecule has 4 aromatic rings. The van der Waals surface area contributed by atoms with E-state index in [4.69, 9.17) is 0 Å². The van der Waals surface area contributed by atoms with Gasteiger partial charge in [-0.2, -0.15) is 0 Å². The molecule has 0 fully saturated rings. The number of aromatic nitrogens is 6. The van der Waals surface area contributed by atoms with E-state index in [2.05, 4.69) is 78.4 Å². The van der Waals surface area contributed by atoms with Crippen LogP contribution in [0.1, 0.15) is 0 Å². The van der Waals surface area contributed by atoms with Crippen LogP contribution < -0.4 is 10.6 Å². The van der Waals surface area contributed by atoms with Crippen molar-refractivity contribution in [1.82, 2.24) is 28.7 Å². The van der Waals surface area contributed by atoms with E-state index in [1.165, 1.54) is 0 Å². The van der Waals surface area contributed by atoms with E-state index in [1.54, 1.807) is 24.8 Å². The van der Waals surface area contributed by atoms with Gasteiger partial charge in [0.15, 0.2) is 22.9 Å². The van der Waals surface area contributed by atoms with Crippen molar-refractivity contribution < 1.29 is 0 Å². The molecular formula is C14H13Br3N8. The molecule has 0 bridgehead atoms. The number of nitrogens with zero attached hydrogens (tertiary/aromatic N) is 6. The number of halogens is 3. The maximum atomic E-state index is 4.21. The summed E-state index contributed by atoms with van der Waals surface area (Å²) in [6, 6.07) is 0. The monoisotopic (exact) mass is 530 g/mol. The maximum Gasteiger partial charge on any atom is 0.181 e. The van der Waals surface area contributed by atoms with Crippen LogP contribution in [0.2, 0.25) is 0 Å². The minimum absolute atomic E-state index is 0.758. The van der Waals surface area contributed by atoms with E-state index in [-0.39, 0.29) is 0 Å². The summed E-state index contributed by atoms with van der Waals surface area (Å²) >= 11 is 10.2. The first kappa shape index (κ1) is 18.1. The van der Waals surface area contributed by atoms with Crippen molar-refractivity contribution in [2.24, 2.45) is 0 Å². The second-order valence-electron chi connectivity index (χ2n) is 4.72. The summed E-state index contributed by atoms with van der Waals surface area (Å²) in [5.74, 6) is 1.54. The molecule has 130 valence electrons. The summed E-state index contributed by atoms with van der Waals surface area (Å²) in [7, 11) is 3.64. The van der Waals surface area contributed by atoms with Gasteiger partial charge in [-0.25, -0.2) is 19.9 Å². The first-order valence-corrected chi connectivity index (χ1v) is 9.45. The molecule has 25 heavy (non-hydrogen) atoms. The summed E-state index contributed by atoms with van der Waals surface area (Å²) in [4.78, 5) is 16.7. The van der Waals surface area contributed by atoms with Crippen molar-refractivity contribution in [3.8, 4) is 0 Å². The second-order valence-corrected chi connectivity index (χ2v) is 7.16. The molecule has 0 amide bonds. The summed E-state index contributed by atoms with van der Waals surface area (Å²) < 4.78 is 6.49. The molecule has 0 aromatic carbocycles. The quantitative estimate of drug-likeness (QED) is 0.408. The van der Waals surface area contributed by atoms with E-state index < -0.39 is 0 Å². The zero-order valence-electron chi connectivity index (χ0n) is 13.2. The van der Waals surface area contributed by atoms with Gasteiger partial charge in [-0.3, -0.25) is 8.80 Å². The van der Waals surface area contributed by atoms with Crippen LogP contribution in [-0.4, -0.2) is 42.8 Å². The van der Waals surface area contributed by atoms with Gasteiger partial charge < -0.3 is 10.6 Å². The first-order valence-electron chi connectivity index (χ1n) is 7.07. The van der Waals surface area contributed by atoms with Crippen LogP contribution in [0.3, 0.4) is 0 Å². The van der Waals surface area contributed by atoms with Crippen LogP contribution in [0.15, 0.2) is 44.8 Å². The van der Waals surface area contributed by atoms with Crippen LogP contribution >= 0.6 is 47.8 Å². The average Bonchev–Trinajstić information content (AvgIpc) is 3.25. The SMILES string of the molecule is CNc1ncc(Br)n2c(Br)cnc12.CNc1ncc(Br)n2ccnc12. The number of hydrogen-bond donors (Lipinski definition) is 2. The molecule has 2 N–H and O–H groups in total. The third-order valence-corrected chi connectivity index (χ3v) is 5.01. The van der Waals surface area contributed by atoms with Gasteiger partial charge in [0.05, 0.1) is 18.6 Å². The Labute approximate surface area is 168 Å². The molecule has 0 atom stereocenters. The Morgan fingerprint density at radius 2 is 1.32 bits per heavy atom. The lowest BCUT2D eigenvalue weighted by Crippen LogP contribution is -1.98. The molecule has 0 aliphatic carbocycles. The predicted octanol–water partition coefficient (Wildman–Crippen LogP) is 3.83. The summed E-state index contributed by atoms with van der Waals surface area (Å²) in [5, 5.41) is 5.94.